The average Bonchev–Trinajstić information content (AvgIpc) is 2.48. The van der Waals surface area contributed by atoms with Crippen molar-refractivity contribution in [2.24, 2.45) is 0 Å². The first-order chi connectivity index (χ1) is 10.0. The molecule has 2 aromatic rings. The van der Waals surface area contributed by atoms with E-state index in [9.17, 15) is 19.0 Å². The molecule has 0 aromatic heterocycles. The molecule has 0 saturated heterocycles. The van der Waals surface area contributed by atoms with Gasteiger partial charge in [0, 0.05) is 10.4 Å². The summed E-state index contributed by atoms with van der Waals surface area (Å²) in [5.74, 6) is -0.965. The maximum absolute atomic E-state index is 13.9. The molecule has 0 atom stereocenters. The Kier molecular flexibility index (Phi) is 4.93. The second-order valence-electron chi connectivity index (χ2n) is 5.02. The highest BCUT2D eigenvalue weighted by Crippen LogP contribution is 2.30. The van der Waals surface area contributed by atoms with Gasteiger partial charge in [0.05, 0.1) is 13.2 Å². The van der Waals surface area contributed by atoms with E-state index in [0.29, 0.717) is 10.6 Å². The van der Waals surface area contributed by atoms with Crippen LogP contribution in [0.5, 0.6) is 0 Å². The van der Waals surface area contributed by atoms with Crippen LogP contribution in [-0.4, -0.2) is 23.4 Å². The molecule has 2 rings (SSSR count). The van der Waals surface area contributed by atoms with E-state index < -0.39 is 30.3 Å². The monoisotopic (exact) mass is 312 g/mol. The maximum Gasteiger partial charge on any atom is 0.126 e. The van der Waals surface area contributed by atoms with E-state index in [1.54, 1.807) is 6.07 Å². The van der Waals surface area contributed by atoms with Gasteiger partial charge in [0.15, 0.2) is 0 Å². The lowest BCUT2D eigenvalue weighted by Gasteiger charge is -2.30. The molecule has 0 unspecified atom stereocenters. The Hall–Kier alpha value is -1.49. The van der Waals surface area contributed by atoms with Crippen molar-refractivity contribution in [2.45, 2.75) is 11.8 Å². The van der Waals surface area contributed by atoms with Gasteiger partial charge in [-0.3, -0.25) is 0 Å². The fourth-order valence-electron chi connectivity index (χ4n) is 2.31. The SMILES string of the molecule is OCC(CO)(Cc1cc(Cl)ccc1F)c1cccc(F)c1. The van der Waals surface area contributed by atoms with Gasteiger partial charge in [0.2, 0.25) is 0 Å². The third-order valence-corrected chi connectivity index (χ3v) is 3.81. The Bertz CT molecular complexity index is 627. The van der Waals surface area contributed by atoms with Gasteiger partial charge >= 0.3 is 0 Å². The van der Waals surface area contributed by atoms with Crippen LogP contribution in [-0.2, 0) is 11.8 Å². The van der Waals surface area contributed by atoms with Gasteiger partial charge in [0.1, 0.15) is 11.6 Å². The molecule has 0 aliphatic heterocycles. The van der Waals surface area contributed by atoms with E-state index in [1.807, 2.05) is 0 Å². The number of rotatable bonds is 5. The van der Waals surface area contributed by atoms with Crippen molar-refractivity contribution in [2.75, 3.05) is 13.2 Å². The third kappa shape index (κ3) is 3.40. The Morgan fingerprint density at radius 2 is 1.71 bits per heavy atom. The smallest absolute Gasteiger partial charge is 0.126 e. The van der Waals surface area contributed by atoms with Gasteiger partial charge in [-0.1, -0.05) is 23.7 Å². The predicted molar refractivity (Wildman–Crippen MR) is 77.4 cm³/mol. The van der Waals surface area contributed by atoms with Crippen LogP contribution in [0.2, 0.25) is 5.02 Å². The summed E-state index contributed by atoms with van der Waals surface area (Å²) in [7, 11) is 0. The molecule has 0 radical (unpaired) electrons. The summed E-state index contributed by atoms with van der Waals surface area (Å²) in [5, 5.41) is 19.8. The summed E-state index contributed by atoms with van der Waals surface area (Å²) in [5.41, 5.74) is -0.505. The summed E-state index contributed by atoms with van der Waals surface area (Å²) in [6, 6.07) is 9.66. The number of hydrogen-bond donors (Lipinski definition) is 2. The van der Waals surface area contributed by atoms with E-state index in [-0.39, 0.29) is 12.0 Å². The number of aliphatic hydroxyl groups excluding tert-OH is 2. The first kappa shape index (κ1) is 15.9. The Balaban J connectivity index is 2.45. The van der Waals surface area contributed by atoms with E-state index in [1.165, 1.54) is 36.4 Å². The highest BCUT2D eigenvalue weighted by atomic mass is 35.5. The van der Waals surface area contributed by atoms with Crippen LogP contribution >= 0.6 is 11.6 Å². The van der Waals surface area contributed by atoms with Crippen LogP contribution in [0, 0.1) is 11.6 Å². The number of aliphatic hydroxyl groups is 2. The van der Waals surface area contributed by atoms with E-state index in [0.717, 1.165) is 0 Å². The molecule has 21 heavy (non-hydrogen) atoms. The highest BCUT2D eigenvalue weighted by molar-refractivity contribution is 6.30. The quantitative estimate of drug-likeness (QED) is 0.891. The zero-order valence-electron chi connectivity index (χ0n) is 11.2. The minimum absolute atomic E-state index is 0.00977. The fourth-order valence-corrected chi connectivity index (χ4v) is 2.50. The van der Waals surface area contributed by atoms with Crippen molar-refractivity contribution >= 4 is 11.6 Å². The Labute approximate surface area is 126 Å². The molecule has 0 spiro atoms. The van der Waals surface area contributed by atoms with Gasteiger partial charge in [-0.25, -0.2) is 8.78 Å². The number of hydrogen-bond acceptors (Lipinski definition) is 2. The minimum Gasteiger partial charge on any atom is -0.395 e. The molecule has 0 aliphatic carbocycles. The summed E-state index contributed by atoms with van der Waals surface area (Å²) in [6.07, 6.45) is 0.00977. The molecule has 0 fully saturated rings. The molecule has 0 saturated carbocycles. The predicted octanol–water partition coefficient (Wildman–Crippen LogP) is 3.08. The van der Waals surface area contributed by atoms with Gasteiger partial charge in [-0.05, 0) is 47.9 Å². The van der Waals surface area contributed by atoms with E-state index >= 15 is 0 Å². The summed E-state index contributed by atoms with van der Waals surface area (Å²) < 4.78 is 27.3. The zero-order chi connectivity index (χ0) is 15.5. The van der Waals surface area contributed by atoms with Crippen LogP contribution in [0.1, 0.15) is 11.1 Å². The molecule has 0 heterocycles. The van der Waals surface area contributed by atoms with Gasteiger partial charge in [0.25, 0.3) is 0 Å². The van der Waals surface area contributed by atoms with Gasteiger partial charge in [-0.15, -0.1) is 0 Å². The number of halogens is 3. The molecule has 112 valence electrons. The molecule has 0 amide bonds. The fraction of sp³-hybridized carbons (Fsp3) is 0.250. The summed E-state index contributed by atoms with van der Waals surface area (Å²) in [6.45, 7) is -0.891. The van der Waals surface area contributed by atoms with Crippen molar-refractivity contribution in [1.29, 1.82) is 0 Å². The van der Waals surface area contributed by atoms with E-state index in [2.05, 4.69) is 0 Å². The summed E-state index contributed by atoms with van der Waals surface area (Å²) >= 11 is 5.85. The van der Waals surface area contributed by atoms with Crippen molar-refractivity contribution in [3.8, 4) is 0 Å². The number of benzene rings is 2. The first-order valence-electron chi connectivity index (χ1n) is 6.42. The van der Waals surface area contributed by atoms with E-state index in [4.69, 9.17) is 11.6 Å². The van der Waals surface area contributed by atoms with Crippen LogP contribution in [0.4, 0.5) is 8.78 Å². The Morgan fingerprint density at radius 1 is 1.00 bits per heavy atom. The molecule has 2 N–H and O–H groups in total. The van der Waals surface area contributed by atoms with Crippen LogP contribution in [0.15, 0.2) is 42.5 Å². The van der Waals surface area contributed by atoms with Crippen LogP contribution in [0.25, 0.3) is 0 Å². The average molecular weight is 313 g/mol. The standard InChI is InChI=1S/C16H15ClF2O2/c17-13-4-5-15(19)11(6-13)8-16(9-20,10-21)12-2-1-3-14(18)7-12/h1-7,20-21H,8-10H2. The van der Waals surface area contributed by atoms with Crippen molar-refractivity contribution in [3.05, 3.63) is 70.2 Å². The maximum atomic E-state index is 13.9. The van der Waals surface area contributed by atoms with Crippen molar-refractivity contribution in [3.63, 3.8) is 0 Å². The largest absolute Gasteiger partial charge is 0.395 e. The van der Waals surface area contributed by atoms with Gasteiger partial charge < -0.3 is 10.2 Å². The second kappa shape index (κ2) is 6.52. The molecule has 2 nitrogen and oxygen atoms in total. The summed E-state index contributed by atoms with van der Waals surface area (Å²) in [4.78, 5) is 0. The van der Waals surface area contributed by atoms with Crippen LogP contribution < -0.4 is 0 Å². The van der Waals surface area contributed by atoms with Gasteiger partial charge in [-0.2, -0.15) is 0 Å². The Morgan fingerprint density at radius 3 is 2.33 bits per heavy atom. The molecular weight excluding hydrogens is 298 g/mol. The lowest BCUT2D eigenvalue weighted by Crippen LogP contribution is -2.37. The molecular formula is C16H15ClF2O2. The first-order valence-corrected chi connectivity index (χ1v) is 6.80. The lowest BCUT2D eigenvalue weighted by atomic mass is 9.76. The topological polar surface area (TPSA) is 40.5 Å². The molecule has 2 aromatic carbocycles. The van der Waals surface area contributed by atoms with Crippen molar-refractivity contribution < 1.29 is 19.0 Å². The molecule has 0 aliphatic rings. The minimum atomic E-state index is -1.17. The second-order valence-corrected chi connectivity index (χ2v) is 5.46. The van der Waals surface area contributed by atoms with Crippen LogP contribution in [0.3, 0.4) is 0 Å². The third-order valence-electron chi connectivity index (χ3n) is 3.58. The zero-order valence-corrected chi connectivity index (χ0v) is 11.9. The normalized spacial score (nSPS) is 11.7. The molecule has 0 bridgehead atoms. The van der Waals surface area contributed by atoms with Crippen molar-refractivity contribution in [1.82, 2.24) is 0 Å². The highest BCUT2D eigenvalue weighted by Gasteiger charge is 2.32. The molecule has 5 heteroatoms. The lowest BCUT2D eigenvalue weighted by molar-refractivity contribution is 0.115.